The van der Waals surface area contributed by atoms with E-state index in [0.717, 1.165) is 37.7 Å². The third-order valence-corrected chi connectivity index (χ3v) is 6.83. The Morgan fingerprint density at radius 2 is 1.88 bits per heavy atom. The number of aliphatic carboxylic acids is 1. The molecule has 2 N–H and O–H groups in total. The Hall–Kier alpha value is -2.46. The van der Waals surface area contributed by atoms with Crippen molar-refractivity contribution in [3.05, 3.63) is 71.8 Å². The summed E-state index contributed by atoms with van der Waals surface area (Å²) in [5.41, 5.74) is 3.88. The molecular formula is C28H36O4. The molecule has 1 aromatic rings. The Morgan fingerprint density at radius 1 is 1.16 bits per heavy atom. The molecule has 0 saturated heterocycles. The van der Waals surface area contributed by atoms with Crippen LogP contribution in [-0.4, -0.2) is 28.1 Å². The third kappa shape index (κ3) is 7.03. The lowest BCUT2D eigenvalue weighted by Gasteiger charge is -2.15. The van der Waals surface area contributed by atoms with Crippen LogP contribution in [0.15, 0.2) is 60.7 Å². The van der Waals surface area contributed by atoms with Gasteiger partial charge in [-0.25, -0.2) is 0 Å². The number of hydrogen-bond donors (Lipinski definition) is 2. The van der Waals surface area contributed by atoms with Gasteiger partial charge in [0, 0.05) is 24.7 Å². The number of allylic oxidation sites excluding steroid dienone is 4. The van der Waals surface area contributed by atoms with Crippen molar-refractivity contribution in [1.29, 1.82) is 0 Å². The van der Waals surface area contributed by atoms with Gasteiger partial charge in [0.25, 0.3) is 0 Å². The van der Waals surface area contributed by atoms with Crippen LogP contribution in [0, 0.1) is 17.8 Å². The maximum atomic E-state index is 12.4. The Labute approximate surface area is 191 Å². The minimum absolute atomic E-state index is 0.0230. The van der Waals surface area contributed by atoms with Gasteiger partial charge in [-0.2, -0.15) is 0 Å². The smallest absolute Gasteiger partial charge is 0.303 e. The van der Waals surface area contributed by atoms with E-state index >= 15 is 0 Å². The van der Waals surface area contributed by atoms with Crippen LogP contribution < -0.4 is 0 Å². The zero-order valence-electron chi connectivity index (χ0n) is 18.9. The third-order valence-electron chi connectivity index (χ3n) is 6.83. The van der Waals surface area contributed by atoms with Crippen molar-refractivity contribution in [3.8, 4) is 0 Å². The van der Waals surface area contributed by atoms with E-state index in [1.165, 1.54) is 11.1 Å². The highest BCUT2D eigenvalue weighted by molar-refractivity contribution is 5.87. The van der Waals surface area contributed by atoms with Crippen molar-refractivity contribution in [1.82, 2.24) is 0 Å². The highest BCUT2D eigenvalue weighted by atomic mass is 16.4. The monoisotopic (exact) mass is 436 g/mol. The maximum absolute atomic E-state index is 12.4. The zero-order chi connectivity index (χ0) is 22.9. The fourth-order valence-electron chi connectivity index (χ4n) is 5.05. The Bertz CT molecular complexity index is 841. The van der Waals surface area contributed by atoms with Crippen LogP contribution in [0.2, 0.25) is 0 Å². The molecule has 0 aromatic heterocycles. The summed E-state index contributed by atoms with van der Waals surface area (Å²) < 4.78 is 0. The van der Waals surface area contributed by atoms with Crippen molar-refractivity contribution in [3.63, 3.8) is 0 Å². The molecule has 0 unspecified atom stereocenters. The van der Waals surface area contributed by atoms with Gasteiger partial charge in [0.05, 0.1) is 6.10 Å². The quantitative estimate of drug-likeness (QED) is 0.337. The topological polar surface area (TPSA) is 74.6 Å². The first-order valence-electron chi connectivity index (χ1n) is 11.9. The van der Waals surface area contributed by atoms with Gasteiger partial charge in [0.15, 0.2) is 0 Å². The van der Waals surface area contributed by atoms with Crippen molar-refractivity contribution in [2.24, 2.45) is 17.8 Å². The number of hydrogen-bond acceptors (Lipinski definition) is 3. The number of carbonyl (C=O) groups is 2. The molecule has 4 nitrogen and oxygen atoms in total. The normalized spacial score (nSPS) is 22.3. The number of rotatable bonds is 12. The molecule has 0 amide bonds. The van der Waals surface area contributed by atoms with E-state index in [1.807, 2.05) is 24.3 Å². The summed E-state index contributed by atoms with van der Waals surface area (Å²) in [7, 11) is 0. The maximum Gasteiger partial charge on any atom is 0.303 e. The molecule has 3 rings (SSSR count). The van der Waals surface area contributed by atoms with E-state index in [1.54, 1.807) is 0 Å². The fraction of sp³-hybridized carbons (Fsp3) is 0.500. The average Bonchev–Trinajstić information content (AvgIpc) is 3.28. The summed E-state index contributed by atoms with van der Waals surface area (Å²) >= 11 is 0. The predicted molar refractivity (Wildman–Crippen MR) is 127 cm³/mol. The summed E-state index contributed by atoms with van der Waals surface area (Å²) in [6.07, 6.45) is 15.0. The lowest BCUT2D eigenvalue weighted by molar-refractivity contribution is -0.137. The molecule has 2 aliphatic rings. The van der Waals surface area contributed by atoms with Crippen LogP contribution in [0.3, 0.4) is 0 Å². The van der Waals surface area contributed by atoms with Crippen LogP contribution in [0.1, 0.15) is 62.5 Å². The van der Waals surface area contributed by atoms with Gasteiger partial charge in [0.2, 0.25) is 0 Å². The van der Waals surface area contributed by atoms with Gasteiger partial charge in [-0.3, -0.25) is 9.59 Å². The summed E-state index contributed by atoms with van der Waals surface area (Å²) in [5, 5.41) is 19.1. The lowest BCUT2D eigenvalue weighted by Crippen LogP contribution is -2.13. The molecule has 0 heterocycles. The summed E-state index contributed by atoms with van der Waals surface area (Å²) in [6.45, 7) is 4.08. The number of aliphatic hydroxyl groups is 1. The standard InChI is InChI=1S/C28H36O4/c1-20-17-27(30)26(13-4-2-3-5-14-28(31)32)25(20)16-15-24(29)12-8-9-21-18-22-10-6-7-11-23(22)19-21/h2,4,6-7,10-11,15-16,21,24-26,29H,1,3,5,8-9,12-14,17-19H2,(H,31,32)/b4-2-,16-15+/t24-,25-,26+/m0/s1. The Balaban J connectivity index is 1.40. The van der Waals surface area contributed by atoms with E-state index in [0.29, 0.717) is 31.6 Å². The number of carboxylic acid groups (broad SMARTS) is 1. The number of carbonyl (C=O) groups excluding carboxylic acids is 1. The summed E-state index contributed by atoms with van der Waals surface area (Å²) in [5.74, 6) is -0.0424. The molecule has 0 bridgehead atoms. The molecule has 2 aliphatic carbocycles. The van der Waals surface area contributed by atoms with Crippen LogP contribution >= 0.6 is 0 Å². The minimum Gasteiger partial charge on any atom is -0.481 e. The molecule has 1 saturated carbocycles. The zero-order valence-corrected chi connectivity index (χ0v) is 18.9. The number of carboxylic acids is 1. The van der Waals surface area contributed by atoms with Gasteiger partial charge in [0.1, 0.15) is 5.78 Å². The van der Waals surface area contributed by atoms with E-state index in [9.17, 15) is 14.7 Å². The van der Waals surface area contributed by atoms with Gasteiger partial charge < -0.3 is 10.2 Å². The van der Waals surface area contributed by atoms with E-state index in [2.05, 4.69) is 30.8 Å². The largest absolute Gasteiger partial charge is 0.481 e. The number of aliphatic hydroxyl groups excluding tert-OH is 1. The molecule has 0 spiro atoms. The van der Waals surface area contributed by atoms with Crippen LogP contribution in [0.25, 0.3) is 0 Å². The van der Waals surface area contributed by atoms with Crippen LogP contribution in [0.4, 0.5) is 0 Å². The van der Waals surface area contributed by atoms with Gasteiger partial charge >= 0.3 is 5.97 Å². The molecule has 1 aromatic carbocycles. The van der Waals surface area contributed by atoms with Crippen molar-refractivity contribution in [2.45, 2.75) is 70.3 Å². The van der Waals surface area contributed by atoms with Gasteiger partial charge in [-0.1, -0.05) is 67.1 Å². The Morgan fingerprint density at radius 3 is 2.56 bits per heavy atom. The number of unbranched alkanes of at least 4 members (excludes halogenated alkanes) is 1. The van der Waals surface area contributed by atoms with Crippen molar-refractivity contribution in [2.75, 3.05) is 0 Å². The number of Topliss-reactive ketones (excluding diaryl/α,β-unsaturated/α-hetero) is 1. The molecule has 3 atom stereocenters. The number of benzene rings is 1. The van der Waals surface area contributed by atoms with Crippen LogP contribution in [0.5, 0.6) is 0 Å². The first-order chi connectivity index (χ1) is 15.4. The molecule has 32 heavy (non-hydrogen) atoms. The lowest BCUT2D eigenvalue weighted by atomic mass is 9.89. The highest BCUT2D eigenvalue weighted by Gasteiger charge is 2.34. The number of ketones is 1. The molecule has 1 fully saturated rings. The second kappa shape index (κ2) is 12.0. The van der Waals surface area contributed by atoms with E-state index in [-0.39, 0.29) is 24.0 Å². The molecule has 172 valence electrons. The second-order valence-electron chi connectivity index (χ2n) is 9.35. The van der Waals surface area contributed by atoms with Crippen molar-refractivity contribution < 1.29 is 19.8 Å². The SMILES string of the molecule is C=C1CC(=O)[C@H](C/C=C\CCCC(=O)O)[C@H]1/C=C/[C@@H](O)CCCC1Cc2ccccc2C1. The summed E-state index contributed by atoms with van der Waals surface area (Å²) in [6, 6.07) is 8.68. The van der Waals surface area contributed by atoms with Crippen molar-refractivity contribution >= 4 is 11.8 Å². The van der Waals surface area contributed by atoms with Gasteiger partial charge in [-0.05, 0) is 62.0 Å². The van der Waals surface area contributed by atoms with Crippen LogP contribution in [-0.2, 0) is 22.4 Å². The minimum atomic E-state index is -0.780. The average molecular weight is 437 g/mol. The fourth-order valence-corrected chi connectivity index (χ4v) is 5.05. The first kappa shape index (κ1) is 24.2. The predicted octanol–water partition coefficient (Wildman–Crippen LogP) is 5.45. The summed E-state index contributed by atoms with van der Waals surface area (Å²) in [4.78, 5) is 23.0. The number of fused-ring (bicyclic) bond motifs is 1. The Kier molecular flexibility index (Phi) is 9.04. The molecule has 0 radical (unpaired) electrons. The molecule has 4 heteroatoms. The molecule has 0 aliphatic heterocycles. The van der Waals surface area contributed by atoms with E-state index in [4.69, 9.17) is 5.11 Å². The highest BCUT2D eigenvalue weighted by Crippen LogP contribution is 2.36. The second-order valence-corrected chi connectivity index (χ2v) is 9.35. The van der Waals surface area contributed by atoms with E-state index < -0.39 is 12.1 Å². The van der Waals surface area contributed by atoms with Gasteiger partial charge in [-0.15, -0.1) is 0 Å². The first-order valence-corrected chi connectivity index (χ1v) is 11.9. The molecular weight excluding hydrogens is 400 g/mol.